The van der Waals surface area contributed by atoms with Gasteiger partial charge in [0.2, 0.25) is 0 Å². The second-order valence-corrected chi connectivity index (χ2v) is 5.55. The van der Waals surface area contributed by atoms with E-state index in [1.807, 2.05) is 17.9 Å². The first-order valence-corrected chi connectivity index (χ1v) is 7.10. The first-order chi connectivity index (χ1) is 8.65. The highest BCUT2D eigenvalue weighted by Crippen LogP contribution is 2.31. The molecule has 102 valence electrons. The van der Waals surface area contributed by atoms with Crippen LogP contribution in [-0.2, 0) is 7.05 Å². The number of rotatable bonds is 4. The molecule has 0 aliphatic carbocycles. The Morgan fingerprint density at radius 3 is 2.89 bits per heavy atom. The van der Waals surface area contributed by atoms with E-state index < -0.39 is 0 Å². The Balaban J connectivity index is 2.07. The summed E-state index contributed by atoms with van der Waals surface area (Å²) in [6, 6.07) is 0.948. The molecule has 1 aromatic rings. The molecular formula is C14H26N4. The van der Waals surface area contributed by atoms with Crippen molar-refractivity contribution in [1.82, 2.24) is 14.7 Å². The van der Waals surface area contributed by atoms with E-state index in [-0.39, 0.29) is 0 Å². The van der Waals surface area contributed by atoms with E-state index in [9.17, 15) is 0 Å². The van der Waals surface area contributed by atoms with E-state index in [2.05, 4.69) is 30.0 Å². The average molecular weight is 250 g/mol. The summed E-state index contributed by atoms with van der Waals surface area (Å²) < 4.78 is 1.88. The Bertz CT molecular complexity index is 374. The van der Waals surface area contributed by atoms with Gasteiger partial charge in [-0.2, -0.15) is 5.10 Å². The summed E-state index contributed by atoms with van der Waals surface area (Å²) in [5.74, 6) is 0.857. The fourth-order valence-corrected chi connectivity index (χ4v) is 3.11. The molecule has 1 aromatic heterocycles. The van der Waals surface area contributed by atoms with Crippen LogP contribution in [0.4, 0.5) is 0 Å². The summed E-state index contributed by atoms with van der Waals surface area (Å²) in [5.41, 5.74) is 7.27. The number of hydrogen-bond acceptors (Lipinski definition) is 3. The van der Waals surface area contributed by atoms with Crippen molar-refractivity contribution >= 4 is 0 Å². The summed E-state index contributed by atoms with van der Waals surface area (Å²) in [4.78, 5) is 2.56. The van der Waals surface area contributed by atoms with Crippen LogP contribution in [0, 0.1) is 5.92 Å². The Morgan fingerprint density at radius 2 is 2.33 bits per heavy atom. The molecule has 18 heavy (non-hydrogen) atoms. The zero-order chi connectivity index (χ0) is 13.1. The molecule has 1 fully saturated rings. The Kier molecular flexibility index (Phi) is 4.40. The van der Waals surface area contributed by atoms with E-state index in [0.29, 0.717) is 12.1 Å². The molecule has 2 N–H and O–H groups in total. The molecule has 0 spiro atoms. The molecule has 0 saturated carbocycles. The standard InChI is InChI=1S/C14H26N4/c1-4-12-5-6-18(14(7-12)8-15)11(2)13-9-16-17(3)10-13/h9-12,14H,4-8,15H2,1-3H3. The number of nitrogens with zero attached hydrogens (tertiary/aromatic N) is 3. The minimum atomic E-state index is 0.421. The Hall–Kier alpha value is -0.870. The first kappa shape index (κ1) is 13.6. The molecule has 0 radical (unpaired) electrons. The topological polar surface area (TPSA) is 47.1 Å². The number of hydrogen-bond donors (Lipinski definition) is 1. The van der Waals surface area contributed by atoms with E-state index in [4.69, 9.17) is 5.73 Å². The van der Waals surface area contributed by atoms with Gasteiger partial charge in [-0.05, 0) is 32.2 Å². The van der Waals surface area contributed by atoms with Gasteiger partial charge in [-0.15, -0.1) is 0 Å². The molecule has 1 saturated heterocycles. The van der Waals surface area contributed by atoms with Gasteiger partial charge in [0.05, 0.1) is 6.20 Å². The van der Waals surface area contributed by atoms with Crippen molar-refractivity contribution in [2.75, 3.05) is 13.1 Å². The third-order valence-corrected chi connectivity index (χ3v) is 4.42. The predicted octanol–water partition coefficient (Wildman–Crippen LogP) is 1.93. The fourth-order valence-electron chi connectivity index (χ4n) is 3.11. The van der Waals surface area contributed by atoms with Crippen molar-refractivity contribution in [2.45, 2.75) is 45.2 Å². The second-order valence-electron chi connectivity index (χ2n) is 5.55. The third-order valence-electron chi connectivity index (χ3n) is 4.42. The zero-order valence-corrected chi connectivity index (χ0v) is 11.8. The Labute approximate surface area is 110 Å². The fraction of sp³-hybridized carbons (Fsp3) is 0.786. The zero-order valence-electron chi connectivity index (χ0n) is 11.8. The third kappa shape index (κ3) is 2.75. The molecule has 1 aliphatic rings. The molecule has 0 bridgehead atoms. The van der Waals surface area contributed by atoms with Gasteiger partial charge in [0, 0.05) is 37.4 Å². The number of likely N-dealkylation sites (tertiary alicyclic amines) is 1. The van der Waals surface area contributed by atoms with Gasteiger partial charge in [-0.1, -0.05) is 13.3 Å². The molecule has 3 unspecified atom stereocenters. The average Bonchev–Trinajstić information content (AvgIpc) is 2.83. The summed E-state index contributed by atoms with van der Waals surface area (Å²) in [6.45, 7) is 6.49. The van der Waals surface area contributed by atoms with E-state index in [1.165, 1.54) is 24.8 Å². The van der Waals surface area contributed by atoms with Gasteiger partial charge in [0.25, 0.3) is 0 Å². The minimum Gasteiger partial charge on any atom is -0.329 e. The van der Waals surface area contributed by atoms with Gasteiger partial charge < -0.3 is 5.73 Å². The lowest BCUT2D eigenvalue weighted by molar-refractivity contribution is 0.0772. The number of aromatic nitrogens is 2. The van der Waals surface area contributed by atoms with Gasteiger partial charge in [0.1, 0.15) is 0 Å². The number of aryl methyl sites for hydroxylation is 1. The maximum absolute atomic E-state index is 5.97. The maximum atomic E-state index is 5.97. The quantitative estimate of drug-likeness (QED) is 0.888. The van der Waals surface area contributed by atoms with Crippen LogP contribution in [0.1, 0.15) is 44.7 Å². The van der Waals surface area contributed by atoms with Gasteiger partial charge in [0.15, 0.2) is 0 Å². The highest BCUT2D eigenvalue weighted by Gasteiger charge is 2.30. The summed E-state index contributed by atoms with van der Waals surface area (Å²) in [7, 11) is 1.97. The monoisotopic (exact) mass is 250 g/mol. The maximum Gasteiger partial charge on any atom is 0.0537 e. The molecule has 0 amide bonds. The lowest BCUT2D eigenvalue weighted by atomic mass is 9.87. The second kappa shape index (κ2) is 5.85. The highest BCUT2D eigenvalue weighted by atomic mass is 15.3. The first-order valence-electron chi connectivity index (χ1n) is 7.10. The van der Waals surface area contributed by atoms with Crippen LogP contribution in [0.3, 0.4) is 0 Å². The number of nitrogens with two attached hydrogens (primary N) is 1. The van der Waals surface area contributed by atoms with Crippen LogP contribution >= 0.6 is 0 Å². The molecular weight excluding hydrogens is 224 g/mol. The molecule has 0 aromatic carbocycles. The number of piperidine rings is 1. The molecule has 4 nitrogen and oxygen atoms in total. The van der Waals surface area contributed by atoms with Crippen LogP contribution in [0.25, 0.3) is 0 Å². The predicted molar refractivity (Wildman–Crippen MR) is 74.2 cm³/mol. The van der Waals surface area contributed by atoms with Crippen molar-refractivity contribution in [1.29, 1.82) is 0 Å². The lowest BCUT2D eigenvalue weighted by Crippen LogP contribution is -2.47. The smallest absolute Gasteiger partial charge is 0.0537 e. The van der Waals surface area contributed by atoms with Crippen molar-refractivity contribution in [3.8, 4) is 0 Å². The van der Waals surface area contributed by atoms with Crippen LogP contribution in [0.5, 0.6) is 0 Å². The normalized spacial score (nSPS) is 27.3. The van der Waals surface area contributed by atoms with Crippen LogP contribution < -0.4 is 5.73 Å². The van der Waals surface area contributed by atoms with Gasteiger partial charge in [-0.25, -0.2) is 0 Å². The molecule has 1 aliphatic heterocycles. The summed E-state index contributed by atoms with van der Waals surface area (Å²) in [5, 5.41) is 4.27. The molecule has 2 rings (SSSR count). The van der Waals surface area contributed by atoms with Crippen LogP contribution in [-0.4, -0.2) is 33.8 Å². The summed E-state index contributed by atoms with van der Waals surface area (Å²) >= 11 is 0. The molecule has 4 heteroatoms. The van der Waals surface area contributed by atoms with Crippen molar-refractivity contribution in [2.24, 2.45) is 18.7 Å². The van der Waals surface area contributed by atoms with Crippen LogP contribution in [0.2, 0.25) is 0 Å². The van der Waals surface area contributed by atoms with Crippen molar-refractivity contribution < 1.29 is 0 Å². The lowest BCUT2D eigenvalue weighted by Gasteiger charge is -2.42. The van der Waals surface area contributed by atoms with Gasteiger partial charge >= 0.3 is 0 Å². The molecule has 3 atom stereocenters. The highest BCUT2D eigenvalue weighted by molar-refractivity contribution is 5.10. The minimum absolute atomic E-state index is 0.421. The van der Waals surface area contributed by atoms with E-state index in [0.717, 1.165) is 19.0 Å². The van der Waals surface area contributed by atoms with Gasteiger partial charge in [-0.3, -0.25) is 9.58 Å². The summed E-state index contributed by atoms with van der Waals surface area (Å²) in [6.07, 6.45) is 7.93. The van der Waals surface area contributed by atoms with Crippen molar-refractivity contribution in [3.05, 3.63) is 18.0 Å². The Morgan fingerprint density at radius 1 is 1.56 bits per heavy atom. The largest absolute Gasteiger partial charge is 0.329 e. The SMILES string of the molecule is CCC1CCN(C(C)c2cnn(C)c2)C(CN)C1. The van der Waals surface area contributed by atoms with E-state index >= 15 is 0 Å². The van der Waals surface area contributed by atoms with Crippen LogP contribution in [0.15, 0.2) is 12.4 Å². The van der Waals surface area contributed by atoms with E-state index in [1.54, 1.807) is 0 Å². The van der Waals surface area contributed by atoms with Crippen molar-refractivity contribution in [3.63, 3.8) is 0 Å². The molecule has 2 heterocycles.